The Morgan fingerprint density at radius 1 is 1.14 bits per heavy atom. The number of rotatable bonds is 7. The van der Waals surface area contributed by atoms with E-state index < -0.39 is 11.4 Å². The molecule has 3 aromatic heterocycles. The lowest BCUT2D eigenvalue weighted by Crippen LogP contribution is -2.26. The maximum Gasteiger partial charge on any atom is 0.278 e. The van der Waals surface area contributed by atoms with Crippen LogP contribution in [0, 0.1) is 23.6 Å². The third-order valence-electron chi connectivity index (χ3n) is 5.79. The highest BCUT2D eigenvalue weighted by Gasteiger charge is 2.21. The topological polar surface area (TPSA) is 82.1 Å². The number of halogens is 1. The first kappa shape index (κ1) is 25.1. The normalized spacial score (nSPS) is 11.2. The zero-order valence-electron chi connectivity index (χ0n) is 19.9. The average molecular weight is 553 g/mol. The number of thiazole rings is 1. The summed E-state index contributed by atoms with van der Waals surface area (Å²) in [5.41, 5.74) is 2.95. The highest BCUT2D eigenvalue weighted by atomic mass is 32.2. The van der Waals surface area contributed by atoms with Crippen LogP contribution in [-0.4, -0.2) is 25.8 Å². The lowest BCUT2D eigenvalue weighted by molar-refractivity contribution is -0.118. The lowest BCUT2D eigenvalue weighted by Gasteiger charge is -2.14. The zero-order chi connectivity index (χ0) is 26.1. The maximum absolute atomic E-state index is 14.8. The van der Waals surface area contributed by atoms with E-state index in [9.17, 15) is 14.0 Å². The smallest absolute Gasteiger partial charge is 0.278 e. The quantitative estimate of drug-likeness (QED) is 0.158. The fourth-order valence-corrected chi connectivity index (χ4v) is 5.88. The van der Waals surface area contributed by atoms with Crippen molar-refractivity contribution in [3.8, 4) is 11.4 Å². The Kier molecular flexibility index (Phi) is 7.09. The molecule has 37 heavy (non-hydrogen) atoms. The van der Waals surface area contributed by atoms with Gasteiger partial charge in [-0.05, 0) is 73.6 Å². The number of nitrogens with zero attached hydrogens (tertiary/aromatic N) is 3. The van der Waals surface area contributed by atoms with Crippen molar-refractivity contribution in [3.05, 3.63) is 97.9 Å². The van der Waals surface area contributed by atoms with E-state index >= 15 is 0 Å². The molecule has 0 aliphatic rings. The maximum atomic E-state index is 14.8. The summed E-state index contributed by atoms with van der Waals surface area (Å²) in [4.78, 5) is 31.0. The van der Waals surface area contributed by atoms with Gasteiger partial charge in [-0.3, -0.25) is 18.7 Å². The number of aryl methyl sites for hydroxylation is 2. The van der Waals surface area contributed by atoms with Crippen LogP contribution in [0.3, 0.4) is 0 Å². The monoisotopic (exact) mass is 552 g/mol. The molecule has 2 aromatic carbocycles. The minimum absolute atomic E-state index is 0.0401. The van der Waals surface area contributed by atoms with Crippen molar-refractivity contribution in [2.24, 2.45) is 0 Å². The van der Waals surface area contributed by atoms with Gasteiger partial charge in [0, 0.05) is 5.69 Å². The van der Waals surface area contributed by atoms with Gasteiger partial charge in [0.05, 0.1) is 24.2 Å². The van der Waals surface area contributed by atoms with Crippen LogP contribution in [0.2, 0.25) is 0 Å². The molecule has 11 heteroatoms. The molecule has 5 rings (SSSR count). The Hall–Kier alpha value is -3.54. The van der Waals surface area contributed by atoms with E-state index in [4.69, 9.17) is 21.6 Å². The first-order valence-electron chi connectivity index (χ1n) is 11.3. The Bertz CT molecular complexity index is 1740. The molecule has 0 aliphatic heterocycles. The lowest BCUT2D eigenvalue weighted by atomic mass is 10.1. The summed E-state index contributed by atoms with van der Waals surface area (Å²) in [5, 5.41) is 2.95. The minimum atomic E-state index is -0.577. The second kappa shape index (κ2) is 10.4. The highest BCUT2D eigenvalue weighted by molar-refractivity contribution is 7.99. The molecule has 5 aromatic rings. The number of thioether (sulfide) groups is 1. The largest absolute Gasteiger partial charge is 0.467 e. The molecule has 0 spiro atoms. The van der Waals surface area contributed by atoms with Gasteiger partial charge in [-0.2, -0.15) is 0 Å². The van der Waals surface area contributed by atoms with Crippen molar-refractivity contribution in [1.29, 1.82) is 0 Å². The van der Waals surface area contributed by atoms with E-state index in [0.717, 1.165) is 39.9 Å². The first-order valence-corrected chi connectivity index (χ1v) is 13.5. The van der Waals surface area contributed by atoms with E-state index in [1.54, 1.807) is 28.8 Å². The summed E-state index contributed by atoms with van der Waals surface area (Å²) in [7, 11) is 0. The number of benzene rings is 2. The van der Waals surface area contributed by atoms with Crippen LogP contribution in [0.15, 0.2) is 75.2 Å². The third-order valence-corrected chi connectivity index (χ3v) is 8.08. The molecule has 0 aliphatic carbocycles. The molecule has 0 saturated carbocycles. The average Bonchev–Trinajstić information content (AvgIpc) is 3.51. The molecule has 3 heterocycles. The van der Waals surface area contributed by atoms with E-state index in [2.05, 4.69) is 5.32 Å². The van der Waals surface area contributed by atoms with Gasteiger partial charge in [0.1, 0.15) is 16.3 Å². The van der Waals surface area contributed by atoms with Crippen LogP contribution >= 0.6 is 35.3 Å². The van der Waals surface area contributed by atoms with Crippen molar-refractivity contribution in [2.45, 2.75) is 25.5 Å². The molecular weight excluding hydrogens is 532 g/mol. The number of nitrogens with one attached hydrogen (secondary N) is 1. The predicted octanol–water partition coefficient (Wildman–Crippen LogP) is 5.72. The standard InChI is InChI=1S/C26H21FN4O3S3/c1-15-9-10-17(12-16(15)2)30-23-22(37-26(30)35)24(33)31(20-8-4-3-7-19(20)27)25(29-23)36-14-21(32)28-13-18-6-5-11-34-18/h3-12H,13-14H2,1-2H3,(H,28,32). The molecule has 1 N–H and O–H groups in total. The molecule has 7 nitrogen and oxygen atoms in total. The highest BCUT2D eigenvalue weighted by Crippen LogP contribution is 2.28. The van der Waals surface area contributed by atoms with Gasteiger partial charge >= 0.3 is 0 Å². The number of aromatic nitrogens is 3. The summed E-state index contributed by atoms with van der Waals surface area (Å²) in [6, 6.07) is 15.3. The molecule has 0 radical (unpaired) electrons. The van der Waals surface area contributed by atoms with E-state index in [0.29, 0.717) is 20.1 Å². The van der Waals surface area contributed by atoms with Gasteiger partial charge < -0.3 is 9.73 Å². The van der Waals surface area contributed by atoms with E-state index in [1.165, 1.54) is 23.0 Å². The number of hydrogen-bond acceptors (Lipinski definition) is 7. The Labute approximate surface area is 224 Å². The number of fused-ring (bicyclic) bond motifs is 1. The second-order valence-corrected chi connectivity index (χ2v) is 10.8. The molecule has 188 valence electrons. The fourth-order valence-electron chi connectivity index (χ4n) is 3.75. The predicted molar refractivity (Wildman–Crippen MR) is 146 cm³/mol. The van der Waals surface area contributed by atoms with Crippen molar-refractivity contribution in [1.82, 2.24) is 19.4 Å². The molecule has 1 amide bonds. The number of hydrogen-bond donors (Lipinski definition) is 1. The van der Waals surface area contributed by atoms with Gasteiger partial charge in [-0.15, -0.1) is 0 Å². The number of amides is 1. The summed E-state index contributed by atoms with van der Waals surface area (Å²) in [6.45, 7) is 4.24. The number of para-hydroxylation sites is 1. The zero-order valence-corrected chi connectivity index (χ0v) is 22.3. The Morgan fingerprint density at radius 2 is 1.95 bits per heavy atom. The van der Waals surface area contributed by atoms with Crippen molar-refractivity contribution < 1.29 is 13.6 Å². The fraction of sp³-hybridized carbons (Fsp3) is 0.154. The molecule has 0 bridgehead atoms. The summed E-state index contributed by atoms with van der Waals surface area (Å²) < 4.78 is 23.8. The Balaban J connectivity index is 1.60. The van der Waals surface area contributed by atoms with Gasteiger partial charge in [0.25, 0.3) is 5.56 Å². The van der Waals surface area contributed by atoms with Gasteiger partial charge in [-0.25, -0.2) is 9.37 Å². The first-order chi connectivity index (χ1) is 17.8. The van der Waals surface area contributed by atoms with Crippen LogP contribution in [0.5, 0.6) is 0 Å². The van der Waals surface area contributed by atoms with Crippen LogP contribution < -0.4 is 10.9 Å². The van der Waals surface area contributed by atoms with Crippen molar-refractivity contribution in [3.63, 3.8) is 0 Å². The summed E-state index contributed by atoms with van der Waals surface area (Å²) in [6.07, 6.45) is 1.53. The molecule has 0 saturated heterocycles. The van der Waals surface area contributed by atoms with Crippen LogP contribution in [0.25, 0.3) is 21.7 Å². The van der Waals surface area contributed by atoms with Gasteiger partial charge in [-0.1, -0.05) is 41.3 Å². The molecule has 0 fully saturated rings. The number of furan rings is 1. The summed E-state index contributed by atoms with van der Waals surface area (Å²) in [5.74, 6) is -0.284. The van der Waals surface area contributed by atoms with Crippen LogP contribution in [0.1, 0.15) is 16.9 Å². The van der Waals surface area contributed by atoms with Gasteiger partial charge in [0.15, 0.2) is 14.8 Å². The van der Waals surface area contributed by atoms with Crippen molar-refractivity contribution >= 4 is 51.6 Å². The van der Waals surface area contributed by atoms with E-state index in [-0.39, 0.29) is 29.0 Å². The van der Waals surface area contributed by atoms with Crippen LogP contribution in [0.4, 0.5) is 4.39 Å². The third kappa shape index (κ3) is 5.02. The van der Waals surface area contributed by atoms with Crippen LogP contribution in [-0.2, 0) is 11.3 Å². The molecule has 0 unspecified atom stereocenters. The molecular formula is C26H21FN4O3S3. The van der Waals surface area contributed by atoms with Gasteiger partial charge in [0.2, 0.25) is 5.91 Å². The molecule has 0 atom stereocenters. The second-order valence-electron chi connectivity index (χ2n) is 8.26. The number of carbonyl (C=O) groups excluding carboxylic acids is 1. The SMILES string of the molecule is Cc1ccc(-n2c(=S)sc3c(=O)n(-c4ccccc4F)c(SCC(=O)NCc4ccco4)nc32)cc1C. The van der Waals surface area contributed by atoms with E-state index in [1.807, 2.05) is 32.0 Å². The summed E-state index contributed by atoms with van der Waals surface area (Å²) >= 11 is 7.79. The van der Waals surface area contributed by atoms with Crippen molar-refractivity contribution in [2.75, 3.05) is 5.75 Å². The minimum Gasteiger partial charge on any atom is -0.467 e. The Morgan fingerprint density at radius 3 is 2.68 bits per heavy atom. The number of carbonyl (C=O) groups is 1.